The number of benzene rings is 5. The van der Waals surface area contributed by atoms with Crippen LogP contribution < -0.4 is 0 Å². The molecule has 1 heteroatoms. The second-order valence-corrected chi connectivity index (χ2v) is 8.18. The first-order chi connectivity index (χ1) is 15.2. The van der Waals surface area contributed by atoms with Gasteiger partial charge in [-0.2, -0.15) is 0 Å². The number of nitrogens with zero attached hydrogens (tertiary/aromatic N) is 1. The summed E-state index contributed by atoms with van der Waals surface area (Å²) < 4.78 is 0. The zero-order chi connectivity index (χ0) is 20.8. The van der Waals surface area contributed by atoms with E-state index in [1.54, 1.807) is 0 Å². The normalized spacial score (nSPS) is 11.4. The molecule has 0 aliphatic heterocycles. The lowest BCUT2D eigenvalue weighted by Crippen LogP contribution is -1.90. The summed E-state index contributed by atoms with van der Waals surface area (Å²) in [4.78, 5) is 5.00. The molecule has 0 saturated carbocycles. The highest BCUT2D eigenvalue weighted by Gasteiger charge is 2.08. The van der Waals surface area contributed by atoms with Gasteiger partial charge >= 0.3 is 0 Å². The molecule has 0 spiro atoms. The Morgan fingerprint density at radius 2 is 1.03 bits per heavy atom. The summed E-state index contributed by atoms with van der Waals surface area (Å²) in [5, 5.41) is 6.23. The third-order valence-corrected chi connectivity index (χ3v) is 6.14. The van der Waals surface area contributed by atoms with Crippen LogP contribution in [0, 0.1) is 6.92 Å². The van der Waals surface area contributed by atoms with Gasteiger partial charge in [0.05, 0.1) is 11.2 Å². The fourth-order valence-corrected chi connectivity index (χ4v) is 4.44. The molecule has 0 atom stereocenters. The zero-order valence-electron chi connectivity index (χ0n) is 17.3. The quantitative estimate of drug-likeness (QED) is 0.288. The van der Waals surface area contributed by atoms with E-state index in [1.807, 2.05) is 0 Å². The summed E-state index contributed by atoms with van der Waals surface area (Å²) in [6.07, 6.45) is 0. The maximum atomic E-state index is 5.00. The average Bonchev–Trinajstić information content (AvgIpc) is 2.83. The van der Waals surface area contributed by atoms with Gasteiger partial charge in [-0.3, -0.25) is 0 Å². The van der Waals surface area contributed by atoms with E-state index in [2.05, 4.69) is 116 Å². The summed E-state index contributed by atoms with van der Waals surface area (Å²) in [7, 11) is 0. The van der Waals surface area contributed by atoms with E-state index in [1.165, 1.54) is 43.6 Å². The van der Waals surface area contributed by atoms with Crippen molar-refractivity contribution in [1.29, 1.82) is 0 Å². The molecule has 6 rings (SSSR count). The number of pyridine rings is 1. The number of hydrogen-bond donors (Lipinski definition) is 0. The van der Waals surface area contributed by atoms with Gasteiger partial charge in [0.15, 0.2) is 0 Å². The van der Waals surface area contributed by atoms with Gasteiger partial charge in [-0.25, -0.2) is 4.98 Å². The molecule has 6 aromatic rings. The largest absolute Gasteiger partial charge is 0.248 e. The van der Waals surface area contributed by atoms with E-state index in [0.717, 1.165) is 16.8 Å². The van der Waals surface area contributed by atoms with Crippen molar-refractivity contribution >= 4 is 32.4 Å². The number of fused-ring (bicyclic) bond motifs is 3. The molecule has 0 unspecified atom stereocenters. The summed E-state index contributed by atoms with van der Waals surface area (Å²) in [5.74, 6) is 0. The lowest BCUT2D eigenvalue weighted by Gasteiger charge is -2.10. The van der Waals surface area contributed by atoms with Gasteiger partial charge < -0.3 is 0 Å². The Morgan fingerprint density at radius 1 is 0.484 bits per heavy atom. The van der Waals surface area contributed by atoms with Crippen LogP contribution >= 0.6 is 0 Å². The number of aryl methyl sites for hydroxylation is 1. The number of hydrogen-bond acceptors (Lipinski definition) is 1. The predicted molar refractivity (Wildman–Crippen MR) is 132 cm³/mol. The smallest absolute Gasteiger partial charge is 0.0712 e. The second-order valence-electron chi connectivity index (χ2n) is 8.18. The fraction of sp³-hybridized carbons (Fsp3) is 0.0333. The van der Waals surface area contributed by atoms with Crippen molar-refractivity contribution in [2.45, 2.75) is 6.92 Å². The van der Waals surface area contributed by atoms with Gasteiger partial charge in [-0.1, -0.05) is 78.9 Å². The van der Waals surface area contributed by atoms with Crippen molar-refractivity contribution in [3.05, 3.63) is 115 Å². The molecule has 146 valence electrons. The highest BCUT2D eigenvalue weighted by molar-refractivity contribution is 5.93. The Labute approximate surface area is 181 Å². The lowest BCUT2D eigenvalue weighted by molar-refractivity contribution is 1.36. The molecular formula is C30H21N. The number of rotatable bonds is 2. The van der Waals surface area contributed by atoms with Gasteiger partial charge in [0.2, 0.25) is 0 Å². The Morgan fingerprint density at radius 3 is 1.74 bits per heavy atom. The first kappa shape index (κ1) is 17.9. The maximum Gasteiger partial charge on any atom is 0.0712 e. The molecule has 0 aliphatic rings. The predicted octanol–water partition coefficient (Wildman–Crippen LogP) is 8.18. The van der Waals surface area contributed by atoms with Crippen LogP contribution in [0.15, 0.2) is 109 Å². The molecule has 0 N–H and O–H groups in total. The van der Waals surface area contributed by atoms with Crippen LogP contribution in [0.5, 0.6) is 0 Å². The molecule has 0 fully saturated rings. The van der Waals surface area contributed by atoms with Crippen LogP contribution in [0.3, 0.4) is 0 Å². The molecule has 1 aromatic heterocycles. The SMILES string of the molecule is Cc1cc(-c2ccc3ccccc3c2)nc2ccc(-c3ccc4ccccc4c3)cc12. The van der Waals surface area contributed by atoms with Crippen LogP contribution in [0.2, 0.25) is 0 Å². The maximum absolute atomic E-state index is 5.00. The highest BCUT2D eigenvalue weighted by atomic mass is 14.7. The van der Waals surface area contributed by atoms with Gasteiger partial charge in [0.25, 0.3) is 0 Å². The molecule has 0 bridgehead atoms. The molecular weight excluding hydrogens is 374 g/mol. The number of aromatic nitrogens is 1. The van der Waals surface area contributed by atoms with Crippen LogP contribution in [0.1, 0.15) is 5.56 Å². The molecule has 5 aromatic carbocycles. The summed E-state index contributed by atoms with van der Waals surface area (Å²) in [6, 6.07) is 39.0. The van der Waals surface area contributed by atoms with Gasteiger partial charge in [0, 0.05) is 10.9 Å². The fourth-order valence-electron chi connectivity index (χ4n) is 4.44. The molecule has 0 radical (unpaired) electrons. The lowest BCUT2D eigenvalue weighted by atomic mass is 9.97. The zero-order valence-corrected chi connectivity index (χ0v) is 17.3. The van der Waals surface area contributed by atoms with Crippen LogP contribution in [-0.4, -0.2) is 4.98 Å². The minimum atomic E-state index is 1.02. The van der Waals surface area contributed by atoms with Gasteiger partial charge in [-0.15, -0.1) is 0 Å². The average molecular weight is 396 g/mol. The first-order valence-electron chi connectivity index (χ1n) is 10.6. The first-order valence-corrected chi connectivity index (χ1v) is 10.6. The second kappa shape index (κ2) is 7.07. The Kier molecular flexibility index (Phi) is 4.07. The van der Waals surface area contributed by atoms with Gasteiger partial charge in [-0.05, 0) is 75.5 Å². The minimum Gasteiger partial charge on any atom is -0.248 e. The van der Waals surface area contributed by atoms with E-state index in [9.17, 15) is 0 Å². The molecule has 1 heterocycles. The molecule has 0 amide bonds. The third-order valence-electron chi connectivity index (χ3n) is 6.14. The Balaban J connectivity index is 1.45. The van der Waals surface area contributed by atoms with Crippen LogP contribution in [0.4, 0.5) is 0 Å². The molecule has 0 saturated heterocycles. The highest BCUT2D eigenvalue weighted by Crippen LogP contribution is 2.31. The summed E-state index contributed by atoms with van der Waals surface area (Å²) in [5.41, 5.74) is 6.92. The van der Waals surface area contributed by atoms with E-state index >= 15 is 0 Å². The monoisotopic (exact) mass is 395 g/mol. The van der Waals surface area contributed by atoms with Crippen LogP contribution in [-0.2, 0) is 0 Å². The Hall–Kier alpha value is -3.97. The Bertz CT molecular complexity index is 1590. The van der Waals surface area contributed by atoms with Crippen molar-refractivity contribution in [2.75, 3.05) is 0 Å². The van der Waals surface area contributed by atoms with Crippen molar-refractivity contribution in [2.24, 2.45) is 0 Å². The van der Waals surface area contributed by atoms with E-state index in [0.29, 0.717) is 0 Å². The van der Waals surface area contributed by atoms with Crippen molar-refractivity contribution in [3.8, 4) is 22.4 Å². The van der Waals surface area contributed by atoms with E-state index < -0.39 is 0 Å². The standard InChI is InChI=1S/C30H21N/c1-20-16-30(27-13-11-22-7-3-5-9-24(22)18-27)31-29-15-14-26(19-28(20)29)25-12-10-21-6-2-4-8-23(21)17-25/h2-19H,1H3. The van der Waals surface area contributed by atoms with Gasteiger partial charge in [0.1, 0.15) is 0 Å². The minimum absolute atomic E-state index is 1.02. The summed E-state index contributed by atoms with van der Waals surface area (Å²) >= 11 is 0. The van der Waals surface area contributed by atoms with E-state index in [4.69, 9.17) is 4.98 Å². The van der Waals surface area contributed by atoms with Crippen molar-refractivity contribution in [3.63, 3.8) is 0 Å². The molecule has 1 nitrogen and oxygen atoms in total. The topological polar surface area (TPSA) is 12.9 Å². The van der Waals surface area contributed by atoms with E-state index in [-0.39, 0.29) is 0 Å². The molecule has 31 heavy (non-hydrogen) atoms. The molecule has 0 aliphatic carbocycles. The third kappa shape index (κ3) is 3.15. The van der Waals surface area contributed by atoms with Crippen molar-refractivity contribution < 1.29 is 0 Å². The van der Waals surface area contributed by atoms with Crippen molar-refractivity contribution in [1.82, 2.24) is 4.98 Å². The summed E-state index contributed by atoms with van der Waals surface area (Å²) in [6.45, 7) is 2.18. The van der Waals surface area contributed by atoms with Crippen LogP contribution in [0.25, 0.3) is 54.8 Å².